The van der Waals surface area contributed by atoms with Crippen LogP contribution in [0.15, 0.2) is 39.7 Å². The quantitative estimate of drug-likeness (QED) is 0.0217. The Labute approximate surface area is 377 Å². The van der Waals surface area contributed by atoms with Gasteiger partial charge in [0.2, 0.25) is 0 Å². The summed E-state index contributed by atoms with van der Waals surface area (Å²) in [6.45, 7) is 6.89. The van der Waals surface area contributed by atoms with Gasteiger partial charge in [-0.1, -0.05) is 70.8 Å². The molecule has 11 N–H and O–H groups in total. The Hall–Kier alpha value is -3.55. The fourth-order valence-electron chi connectivity index (χ4n) is 10.8. The summed E-state index contributed by atoms with van der Waals surface area (Å²) in [5, 5.41) is 48.9. The normalized spacial score (nSPS) is 21.4. The maximum atomic E-state index is 11.3. The lowest BCUT2D eigenvalue weighted by Crippen LogP contribution is -2.41. The number of aromatic nitrogens is 1. The smallest absolute Gasteiger partial charge is 0.188 e. The standard InChI is InChI=1S/C51H82N6O6/c1-34(29-55-51(53)56-40-14-4-3-5-15-40)10-8-12-36(24-25-52)11-6-7-17-49-39(32-58)27-41(63-49)21-18-37-19-23-47(60)50(26-37)62-33-48(61)46-28-43-44(31-54-30-35(2)59)42-16-9-13-38(42)20-22-45(43)57-46/h19,23,26-28,34-36,38,40,42,44,48,54,57-61H,3-18,20-22,24-25,29-33,52H2,1-2H3,(H3,53,55,56)/t34-,35-,36-,38+,42-,44-,48-/m0/s1. The highest BCUT2D eigenvalue weighted by atomic mass is 16.5. The van der Waals surface area contributed by atoms with Crippen LogP contribution in [-0.2, 0) is 32.3 Å². The molecule has 12 heteroatoms. The van der Waals surface area contributed by atoms with Crippen molar-refractivity contribution < 1.29 is 29.6 Å². The number of aliphatic imine (C=N–C) groups is 1. The van der Waals surface area contributed by atoms with Crippen LogP contribution in [0.4, 0.5) is 0 Å². The van der Waals surface area contributed by atoms with Crippen LogP contribution in [-0.4, -0.2) is 76.3 Å². The molecule has 12 nitrogen and oxygen atoms in total. The van der Waals surface area contributed by atoms with E-state index in [2.05, 4.69) is 33.6 Å². The molecule has 3 aromatic rings. The van der Waals surface area contributed by atoms with Gasteiger partial charge in [0.15, 0.2) is 17.5 Å². The number of fused-ring (bicyclic) bond motifs is 2. The Morgan fingerprint density at radius 1 is 0.937 bits per heavy atom. The number of unbranched alkanes of at least 4 members (excludes halogenated alkanes) is 1. The van der Waals surface area contributed by atoms with Gasteiger partial charge in [0.05, 0.1) is 12.7 Å². The number of aliphatic hydroxyl groups is 3. The number of H-pyrrole nitrogens is 1. The molecule has 0 unspecified atom stereocenters. The molecule has 7 atom stereocenters. The van der Waals surface area contributed by atoms with E-state index in [1.165, 1.54) is 75.5 Å². The van der Waals surface area contributed by atoms with Crippen molar-refractivity contribution in [2.75, 3.05) is 32.8 Å². The van der Waals surface area contributed by atoms with Crippen molar-refractivity contribution in [3.8, 4) is 11.5 Å². The summed E-state index contributed by atoms with van der Waals surface area (Å²) in [5.41, 5.74) is 17.3. The summed E-state index contributed by atoms with van der Waals surface area (Å²) in [5.74, 6) is 5.45. The summed E-state index contributed by atoms with van der Waals surface area (Å²) in [6.07, 6.45) is 20.8. The van der Waals surface area contributed by atoms with Crippen LogP contribution in [0.2, 0.25) is 0 Å². The molecule has 0 aliphatic heterocycles. The third-order valence-electron chi connectivity index (χ3n) is 14.4. The highest BCUT2D eigenvalue weighted by Gasteiger charge is 2.38. The van der Waals surface area contributed by atoms with E-state index in [1.807, 2.05) is 25.1 Å². The zero-order valence-electron chi connectivity index (χ0n) is 38.6. The molecule has 0 radical (unpaired) electrons. The number of hydrogen-bond donors (Lipinski definition) is 9. The number of rotatable bonds is 26. The van der Waals surface area contributed by atoms with Crippen molar-refractivity contribution in [3.63, 3.8) is 0 Å². The molecule has 0 spiro atoms. The second kappa shape index (κ2) is 25.2. The minimum Gasteiger partial charge on any atom is -0.504 e. The molecule has 2 fully saturated rings. The van der Waals surface area contributed by atoms with Gasteiger partial charge in [-0.15, -0.1) is 0 Å². The lowest BCUT2D eigenvalue weighted by Gasteiger charge is -2.27. The van der Waals surface area contributed by atoms with E-state index in [4.69, 9.17) is 20.6 Å². The summed E-state index contributed by atoms with van der Waals surface area (Å²) in [7, 11) is 0. The Morgan fingerprint density at radius 2 is 1.76 bits per heavy atom. The van der Waals surface area contributed by atoms with Gasteiger partial charge in [0.1, 0.15) is 24.2 Å². The first-order valence-electron chi connectivity index (χ1n) is 24.8. The zero-order chi connectivity index (χ0) is 44.6. The van der Waals surface area contributed by atoms with E-state index in [-0.39, 0.29) is 19.0 Å². The average Bonchev–Trinajstić information content (AvgIpc) is 4.02. The van der Waals surface area contributed by atoms with E-state index in [9.17, 15) is 20.4 Å². The van der Waals surface area contributed by atoms with Gasteiger partial charge < -0.3 is 56.7 Å². The number of aryl methyl sites for hydroxylation is 4. The summed E-state index contributed by atoms with van der Waals surface area (Å²) in [4.78, 5) is 8.19. The molecule has 3 aliphatic rings. The minimum atomic E-state index is -0.881. The Kier molecular flexibility index (Phi) is 19.6. The summed E-state index contributed by atoms with van der Waals surface area (Å²) < 4.78 is 12.4. The lowest BCUT2D eigenvalue weighted by atomic mass is 9.80. The number of guanidine groups is 1. The number of aromatic hydroxyl groups is 1. The van der Waals surface area contributed by atoms with Gasteiger partial charge in [-0.05, 0) is 130 Å². The summed E-state index contributed by atoms with van der Waals surface area (Å²) >= 11 is 0. The Bertz CT molecular complexity index is 1820. The molecule has 0 saturated heterocycles. The number of hydrogen-bond acceptors (Lipinski definition) is 9. The number of phenols is 1. The first-order valence-corrected chi connectivity index (χ1v) is 24.8. The van der Waals surface area contributed by atoms with Crippen LogP contribution >= 0.6 is 0 Å². The molecule has 0 amide bonds. The molecule has 1 aromatic carbocycles. The Morgan fingerprint density at radius 3 is 2.56 bits per heavy atom. The topological polar surface area (TPSA) is 208 Å². The van der Waals surface area contributed by atoms with Gasteiger partial charge in [0, 0.05) is 61.4 Å². The molecular weight excluding hydrogens is 793 g/mol. The molecule has 2 aromatic heterocycles. The maximum absolute atomic E-state index is 11.3. The van der Waals surface area contributed by atoms with E-state index in [0.717, 1.165) is 98.7 Å². The number of aromatic amines is 1. The van der Waals surface area contributed by atoms with E-state index >= 15 is 0 Å². The predicted octanol–water partition coefficient (Wildman–Crippen LogP) is 7.84. The number of aliphatic hydroxyl groups excluding tert-OH is 3. The molecular formula is C51H82N6O6. The first kappa shape index (κ1) is 48.9. The van der Waals surface area contributed by atoms with Crippen molar-refractivity contribution in [1.82, 2.24) is 15.6 Å². The van der Waals surface area contributed by atoms with Gasteiger partial charge >= 0.3 is 0 Å². The molecule has 3 aliphatic carbocycles. The molecule has 0 bridgehead atoms. The van der Waals surface area contributed by atoms with Crippen LogP contribution < -0.4 is 26.8 Å². The highest BCUT2D eigenvalue weighted by molar-refractivity contribution is 5.78. The maximum Gasteiger partial charge on any atom is 0.188 e. The van der Waals surface area contributed by atoms with Gasteiger partial charge in [-0.3, -0.25) is 4.99 Å². The SMILES string of the molecule is C[C@@H](CCC[C@@H](CCN)CCCCc1oc(CCc2ccc(O)c(OC[C@H](O)c3cc4c([nH]3)CC[C@H]3CCC[C@@H]3[C@@H]4CNC[C@H](C)O)c2)cc1CO)CN=C(N)NC1CCCCC1. The number of ether oxygens (including phenoxy) is 1. The second-order valence-corrected chi connectivity index (χ2v) is 19.5. The van der Waals surface area contributed by atoms with Gasteiger partial charge in [-0.25, -0.2) is 0 Å². The van der Waals surface area contributed by atoms with Crippen LogP contribution in [0.3, 0.4) is 0 Å². The first-order chi connectivity index (χ1) is 30.6. The third-order valence-corrected chi connectivity index (χ3v) is 14.4. The largest absolute Gasteiger partial charge is 0.504 e. The third kappa shape index (κ3) is 15.0. The van der Waals surface area contributed by atoms with Crippen molar-refractivity contribution >= 4 is 5.96 Å². The molecule has 2 heterocycles. The average molecular weight is 875 g/mol. The number of furan rings is 1. The van der Waals surface area contributed by atoms with E-state index in [0.29, 0.717) is 67.4 Å². The number of nitrogens with two attached hydrogens (primary N) is 2. The molecule has 63 heavy (non-hydrogen) atoms. The minimum absolute atomic E-state index is 0.00479. The zero-order valence-corrected chi connectivity index (χ0v) is 38.6. The fourth-order valence-corrected chi connectivity index (χ4v) is 10.8. The van der Waals surface area contributed by atoms with Gasteiger partial charge in [-0.2, -0.15) is 0 Å². The highest BCUT2D eigenvalue weighted by Crippen LogP contribution is 2.47. The number of benzene rings is 1. The van der Waals surface area contributed by atoms with Crippen LogP contribution in [0.5, 0.6) is 11.5 Å². The lowest BCUT2D eigenvalue weighted by molar-refractivity contribution is 0.103. The van der Waals surface area contributed by atoms with Crippen LogP contribution in [0.1, 0.15) is 168 Å². The fraction of sp³-hybridized carbons (Fsp3) is 0.706. The van der Waals surface area contributed by atoms with Crippen LogP contribution in [0.25, 0.3) is 0 Å². The second-order valence-electron chi connectivity index (χ2n) is 19.5. The summed E-state index contributed by atoms with van der Waals surface area (Å²) in [6, 6.07) is 9.96. The van der Waals surface area contributed by atoms with E-state index < -0.39 is 12.2 Å². The predicted molar refractivity (Wildman–Crippen MR) is 252 cm³/mol. The monoisotopic (exact) mass is 875 g/mol. The van der Waals surface area contributed by atoms with Crippen molar-refractivity contribution in [3.05, 3.63) is 69.9 Å². The van der Waals surface area contributed by atoms with Gasteiger partial charge in [0.25, 0.3) is 0 Å². The van der Waals surface area contributed by atoms with Crippen LogP contribution in [0, 0.1) is 23.7 Å². The van der Waals surface area contributed by atoms with E-state index in [1.54, 1.807) is 6.07 Å². The number of nitrogens with zero attached hydrogens (tertiary/aromatic N) is 1. The Balaban J connectivity index is 0.930. The number of nitrogens with one attached hydrogen (secondary N) is 3. The van der Waals surface area contributed by atoms with Crippen molar-refractivity contribution in [1.29, 1.82) is 0 Å². The number of phenolic OH excluding ortho intramolecular Hbond substituents is 1. The van der Waals surface area contributed by atoms with Crippen molar-refractivity contribution in [2.24, 2.45) is 40.1 Å². The molecule has 352 valence electrons. The molecule has 2 saturated carbocycles. The van der Waals surface area contributed by atoms with Crippen molar-refractivity contribution in [2.45, 2.75) is 173 Å². The molecule has 6 rings (SSSR count).